The van der Waals surface area contributed by atoms with Crippen LogP contribution in [0.5, 0.6) is 0 Å². The second-order valence-corrected chi connectivity index (χ2v) is 6.01. The van der Waals surface area contributed by atoms with E-state index in [1.807, 2.05) is 30.3 Å². The first-order valence-electron chi connectivity index (χ1n) is 7.83. The second-order valence-electron chi connectivity index (χ2n) is 6.01. The summed E-state index contributed by atoms with van der Waals surface area (Å²) in [5, 5.41) is 2.67. The summed E-state index contributed by atoms with van der Waals surface area (Å²) in [7, 11) is 1.67. The molecule has 0 radical (unpaired) electrons. The molecule has 24 heavy (non-hydrogen) atoms. The third-order valence-electron chi connectivity index (χ3n) is 4.19. The van der Waals surface area contributed by atoms with Crippen molar-refractivity contribution in [2.24, 2.45) is 5.92 Å². The van der Waals surface area contributed by atoms with Gasteiger partial charge in [-0.15, -0.1) is 0 Å². The van der Waals surface area contributed by atoms with Crippen LogP contribution in [0.25, 0.3) is 0 Å². The summed E-state index contributed by atoms with van der Waals surface area (Å²) in [5.41, 5.74) is 0.985. The molecule has 1 fully saturated rings. The van der Waals surface area contributed by atoms with Gasteiger partial charge in [0.2, 0.25) is 11.8 Å². The normalized spacial score (nSPS) is 17.1. The van der Waals surface area contributed by atoms with E-state index in [9.17, 15) is 14.4 Å². The molecule has 1 aromatic heterocycles. The van der Waals surface area contributed by atoms with Crippen LogP contribution >= 0.6 is 0 Å². The monoisotopic (exact) mass is 325 g/mol. The molecule has 0 aliphatic carbocycles. The largest absolute Gasteiger partial charge is 0.345 e. The van der Waals surface area contributed by atoms with E-state index in [1.54, 1.807) is 29.9 Å². The van der Waals surface area contributed by atoms with Gasteiger partial charge in [0, 0.05) is 26.2 Å². The van der Waals surface area contributed by atoms with Crippen LogP contribution in [0.3, 0.4) is 0 Å². The number of carbonyl (C=O) groups is 2. The number of nitrogens with zero attached hydrogens (tertiary/aromatic N) is 2. The molecule has 1 aromatic carbocycles. The number of benzene rings is 1. The fraction of sp³-hybridized carbons (Fsp3) is 0.278. The molecule has 0 unspecified atom stereocenters. The number of aromatic nitrogens is 1. The number of anilines is 1. The smallest absolute Gasteiger partial charge is 0.274 e. The lowest BCUT2D eigenvalue weighted by atomic mass is 10.1. The molecular formula is C18H19N3O3. The first-order chi connectivity index (χ1) is 11.5. The van der Waals surface area contributed by atoms with Crippen LogP contribution in [0.1, 0.15) is 12.0 Å². The van der Waals surface area contributed by atoms with Crippen LogP contribution < -0.4 is 10.9 Å². The summed E-state index contributed by atoms with van der Waals surface area (Å²) in [5.74, 6) is -0.753. The van der Waals surface area contributed by atoms with E-state index < -0.39 is 5.92 Å². The fourth-order valence-corrected chi connectivity index (χ4v) is 2.81. The Morgan fingerprint density at radius 2 is 1.92 bits per heavy atom. The zero-order valence-electron chi connectivity index (χ0n) is 13.4. The highest BCUT2D eigenvalue weighted by Gasteiger charge is 2.32. The number of hydrogen-bond acceptors (Lipinski definition) is 3. The zero-order chi connectivity index (χ0) is 17.1. The summed E-state index contributed by atoms with van der Waals surface area (Å²) in [6, 6.07) is 12.9. The molecule has 6 heteroatoms. The quantitative estimate of drug-likeness (QED) is 0.921. The van der Waals surface area contributed by atoms with Crippen molar-refractivity contribution in [2.45, 2.75) is 13.0 Å². The van der Waals surface area contributed by atoms with Crippen LogP contribution in [0, 0.1) is 5.92 Å². The van der Waals surface area contributed by atoms with Crippen LogP contribution in [0.15, 0.2) is 53.5 Å². The van der Waals surface area contributed by atoms with Crippen LogP contribution in [-0.2, 0) is 16.1 Å². The van der Waals surface area contributed by atoms with Gasteiger partial charge in [-0.2, -0.15) is 0 Å². The van der Waals surface area contributed by atoms with Gasteiger partial charge >= 0.3 is 0 Å². The Bertz CT molecular complexity index is 814. The number of nitrogens with one attached hydrogen (secondary N) is 1. The minimum atomic E-state index is -0.412. The predicted octanol–water partition coefficient (Wildman–Crippen LogP) is 1.31. The number of likely N-dealkylation sites (tertiary alicyclic amines) is 1. The Morgan fingerprint density at radius 3 is 2.58 bits per heavy atom. The maximum atomic E-state index is 12.5. The van der Waals surface area contributed by atoms with Crippen molar-refractivity contribution in [1.82, 2.24) is 9.47 Å². The molecule has 6 nitrogen and oxygen atoms in total. The van der Waals surface area contributed by atoms with Crippen molar-refractivity contribution in [3.8, 4) is 0 Å². The number of pyridine rings is 1. The van der Waals surface area contributed by atoms with Gasteiger partial charge < -0.3 is 14.8 Å². The summed E-state index contributed by atoms with van der Waals surface area (Å²) in [4.78, 5) is 37.9. The van der Waals surface area contributed by atoms with Crippen LogP contribution in [0.4, 0.5) is 5.69 Å². The van der Waals surface area contributed by atoms with Gasteiger partial charge in [0.05, 0.1) is 12.5 Å². The first kappa shape index (κ1) is 16.0. The minimum Gasteiger partial charge on any atom is -0.345 e. The highest BCUT2D eigenvalue weighted by molar-refractivity contribution is 5.97. The maximum absolute atomic E-state index is 12.5. The van der Waals surface area contributed by atoms with E-state index in [0.29, 0.717) is 13.1 Å². The summed E-state index contributed by atoms with van der Waals surface area (Å²) in [6.45, 7) is 0.823. The van der Waals surface area contributed by atoms with Crippen molar-refractivity contribution < 1.29 is 9.59 Å². The standard InChI is InChI=1S/C18H19N3O3/c1-20-12-14(10-16(20)22)17(23)19-15-8-5-9-21(18(15)24)11-13-6-3-2-4-7-13/h2-9,14H,10-12H2,1H3,(H,19,23)/t14-/m0/s1. The predicted molar refractivity (Wildman–Crippen MR) is 90.6 cm³/mol. The minimum absolute atomic E-state index is 0.0512. The van der Waals surface area contributed by atoms with Gasteiger partial charge in [-0.3, -0.25) is 14.4 Å². The Balaban J connectivity index is 1.75. The molecule has 0 saturated carbocycles. The van der Waals surface area contributed by atoms with E-state index in [4.69, 9.17) is 0 Å². The molecule has 2 amide bonds. The summed E-state index contributed by atoms with van der Waals surface area (Å²) < 4.78 is 1.55. The molecule has 1 aliphatic rings. The second kappa shape index (κ2) is 6.70. The topological polar surface area (TPSA) is 71.4 Å². The van der Waals surface area contributed by atoms with Crippen molar-refractivity contribution in [3.63, 3.8) is 0 Å². The molecule has 1 N–H and O–H groups in total. The fourth-order valence-electron chi connectivity index (χ4n) is 2.81. The van der Waals surface area contributed by atoms with E-state index >= 15 is 0 Å². The Labute approximate surface area is 139 Å². The average molecular weight is 325 g/mol. The third kappa shape index (κ3) is 3.37. The number of rotatable bonds is 4. The highest BCUT2D eigenvalue weighted by atomic mass is 16.2. The van der Waals surface area contributed by atoms with E-state index in [1.165, 1.54) is 4.90 Å². The maximum Gasteiger partial charge on any atom is 0.274 e. The molecule has 124 valence electrons. The molecule has 2 aromatic rings. The van der Waals surface area contributed by atoms with Crippen molar-refractivity contribution in [3.05, 3.63) is 64.6 Å². The molecule has 1 aliphatic heterocycles. The lowest BCUT2D eigenvalue weighted by molar-refractivity contribution is -0.127. The van der Waals surface area contributed by atoms with Crippen LogP contribution in [0.2, 0.25) is 0 Å². The van der Waals surface area contributed by atoms with E-state index in [0.717, 1.165) is 5.56 Å². The third-order valence-corrected chi connectivity index (χ3v) is 4.19. The Kier molecular flexibility index (Phi) is 4.46. The lowest BCUT2D eigenvalue weighted by Gasteiger charge is -2.12. The first-order valence-corrected chi connectivity index (χ1v) is 7.83. The van der Waals surface area contributed by atoms with E-state index in [-0.39, 0.29) is 29.5 Å². The highest BCUT2D eigenvalue weighted by Crippen LogP contribution is 2.17. The lowest BCUT2D eigenvalue weighted by Crippen LogP contribution is -2.30. The van der Waals surface area contributed by atoms with Gasteiger partial charge in [0.15, 0.2) is 0 Å². The van der Waals surface area contributed by atoms with Gasteiger partial charge in [-0.25, -0.2) is 0 Å². The molecule has 3 rings (SSSR count). The molecular weight excluding hydrogens is 306 g/mol. The molecule has 1 saturated heterocycles. The van der Waals surface area contributed by atoms with Gasteiger partial charge in [-0.1, -0.05) is 30.3 Å². The summed E-state index contributed by atoms with van der Waals surface area (Å²) in [6.07, 6.45) is 1.88. The molecule has 2 heterocycles. The number of hydrogen-bond donors (Lipinski definition) is 1. The van der Waals surface area contributed by atoms with Gasteiger partial charge in [-0.05, 0) is 17.7 Å². The zero-order valence-corrected chi connectivity index (χ0v) is 13.4. The Morgan fingerprint density at radius 1 is 1.17 bits per heavy atom. The van der Waals surface area contributed by atoms with Crippen molar-refractivity contribution in [1.29, 1.82) is 0 Å². The van der Waals surface area contributed by atoms with Crippen molar-refractivity contribution in [2.75, 3.05) is 18.9 Å². The van der Waals surface area contributed by atoms with Crippen molar-refractivity contribution >= 4 is 17.5 Å². The Hall–Kier alpha value is -2.89. The SMILES string of the molecule is CN1C[C@@H](C(=O)Nc2cccn(Cc3ccccc3)c2=O)CC1=O. The number of carbonyl (C=O) groups excluding carboxylic acids is 2. The number of amides is 2. The van der Waals surface area contributed by atoms with Gasteiger partial charge in [0.25, 0.3) is 5.56 Å². The average Bonchev–Trinajstić information content (AvgIpc) is 2.92. The summed E-state index contributed by atoms with van der Waals surface area (Å²) >= 11 is 0. The molecule has 0 spiro atoms. The molecule has 0 bridgehead atoms. The van der Waals surface area contributed by atoms with Crippen LogP contribution in [-0.4, -0.2) is 34.9 Å². The molecule has 1 atom stereocenters. The van der Waals surface area contributed by atoms with Gasteiger partial charge in [0.1, 0.15) is 5.69 Å². The van der Waals surface area contributed by atoms with E-state index in [2.05, 4.69) is 5.32 Å².